The second-order valence-corrected chi connectivity index (χ2v) is 7.04. The lowest BCUT2D eigenvalue weighted by Gasteiger charge is -2.18. The van der Waals surface area contributed by atoms with Crippen molar-refractivity contribution in [1.29, 1.82) is 0 Å². The Kier molecular flexibility index (Phi) is 9.81. The third-order valence-electron chi connectivity index (χ3n) is 3.99. The number of carbonyl (C=O) groups excluding carboxylic acids is 3. The maximum Gasteiger partial charge on any atom is 0.407 e. The van der Waals surface area contributed by atoms with Gasteiger partial charge in [-0.1, -0.05) is 60.7 Å². The summed E-state index contributed by atoms with van der Waals surface area (Å²) in [7, 11) is 0. The minimum absolute atomic E-state index is 0.0856. The summed E-state index contributed by atoms with van der Waals surface area (Å²) in [5.74, 6) is -1.34. The first kappa shape index (κ1) is 23.7. The van der Waals surface area contributed by atoms with E-state index in [9.17, 15) is 14.4 Å². The minimum Gasteiger partial charge on any atom is -0.460 e. The van der Waals surface area contributed by atoms with Gasteiger partial charge >= 0.3 is 18.0 Å². The molecule has 0 heterocycles. The van der Waals surface area contributed by atoms with Gasteiger partial charge in [-0.25, -0.2) is 14.4 Å². The van der Waals surface area contributed by atoms with Crippen LogP contribution in [-0.2, 0) is 36.8 Å². The van der Waals surface area contributed by atoms with Crippen LogP contribution in [0.2, 0.25) is 0 Å². The molecule has 0 aliphatic heterocycles. The molecule has 1 N–H and O–H groups in total. The van der Waals surface area contributed by atoms with Crippen molar-refractivity contribution in [2.24, 2.45) is 0 Å². The number of nitrogens with one attached hydrogen (secondary N) is 1. The predicted octanol–water partition coefficient (Wildman–Crippen LogP) is 3.58. The zero-order chi connectivity index (χ0) is 22.5. The molecule has 31 heavy (non-hydrogen) atoms. The number of benzene rings is 2. The summed E-state index contributed by atoms with van der Waals surface area (Å²) in [5.41, 5.74) is 1.82. The van der Waals surface area contributed by atoms with Gasteiger partial charge in [-0.15, -0.1) is 0 Å². The largest absolute Gasteiger partial charge is 0.460 e. The van der Waals surface area contributed by atoms with Crippen LogP contribution in [0.4, 0.5) is 4.79 Å². The lowest BCUT2D eigenvalue weighted by atomic mass is 10.1. The van der Waals surface area contributed by atoms with Crippen molar-refractivity contribution < 1.29 is 28.6 Å². The van der Waals surface area contributed by atoms with E-state index in [-0.39, 0.29) is 19.3 Å². The zero-order valence-corrected chi connectivity index (χ0v) is 17.7. The fourth-order valence-electron chi connectivity index (χ4n) is 2.62. The maximum atomic E-state index is 12.2. The van der Waals surface area contributed by atoms with Crippen LogP contribution in [0.3, 0.4) is 0 Å². The normalized spacial score (nSPS) is 11.7. The highest BCUT2D eigenvalue weighted by Gasteiger charge is 2.16. The smallest absolute Gasteiger partial charge is 0.407 e. The molecule has 1 amide bonds. The molecule has 0 bridgehead atoms. The molecule has 0 aliphatic carbocycles. The molecule has 0 saturated carbocycles. The van der Waals surface area contributed by atoms with Crippen molar-refractivity contribution in [3.05, 3.63) is 83.9 Å². The van der Waals surface area contributed by atoms with Gasteiger partial charge < -0.3 is 19.5 Å². The quantitative estimate of drug-likeness (QED) is 0.355. The fourth-order valence-corrected chi connectivity index (χ4v) is 2.62. The highest BCUT2D eigenvalue weighted by Crippen LogP contribution is 2.06. The topological polar surface area (TPSA) is 90.9 Å². The third kappa shape index (κ3) is 10.1. The van der Waals surface area contributed by atoms with Gasteiger partial charge in [0.2, 0.25) is 0 Å². The lowest BCUT2D eigenvalue weighted by Crippen LogP contribution is -2.40. The number of hydrogen-bond acceptors (Lipinski definition) is 6. The second-order valence-electron chi connectivity index (χ2n) is 7.04. The number of esters is 2. The second kappa shape index (κ2) is 12.8. The number of ether oxygens (including phenoxy) is 3. The minimum atomic E-state index is -0.710. The Morgan fingerprint density at radius 1 is 0.839 bits per heavy atom. The van der Waals surface area contributed by atoms with E-state index >= 15 is 0 Å². The van der Waals surface area contributed by atoms with E-state index in [0.717, 1.165) is 23.3 Å². The van der Waals surface area contributed by atoms with Gasteiger partial charge in [0.15, 0.2) is 0 Å². The molecule has 0 spiro atoms. The van der Waals surface area contributed by atoms with Crippen LogP contribution in [0, 0.1) is 0 Å². The molecule has 2 rings (SSSR count). The van der Waals surface area contributed by atoms with Crippen LogP contribution in [-0.4, -0.2) is 36.8 Å². The Morgan fingerprint density at radius 2 is 1.42 bits per heavy atom. The molecule has 0 fully saturated rings. The average molecular weight is 425 g/mol. The Bertz CT molecular complexity index is 864. The molecule has 7 nitrogen and oxygen atoms in total. The van der Waals surface area contributed by atoms with Crippen molar-refractivity contribution in [3.63, 3.8) is 0 Å². The monoisotopic (exact) mass is 425 g/mol. The van der Waals surface area contributed by atoms with E-state index in [4.69, 9.17) is 14.2 Å². The maximum absolute atomic E-state index is 12.2. The molecule has 0 aromatic heterocycles. The molecule has 164 valence electrons. The van der Waals surface area contributed by atoms with Crippen molar-refractivity contribution >= 4 is 18.0 Å². The van der Waals surface area contributed by atoms with E-state index in [1.807, 2.05) is 60.7 Å². The highest BCUT2D eigenvalue weighted by molar-refractivity contribution is 5.91. The summed E-state index contributed by atoms with van der Waals surface area (Å²) < 4.78 is 15.4. The van der Waals surface area contributed by atoms with Crippen LogP contribution in [0.5, 0.6) is 0 Å². The van der Waals surface area contributed by atoms with Crippen molar-refractivity contribution in [2.45, 2.75) is 39.0 Å². The van der Waals surface area contributed by atoms with Crippen LogP contribution in [0.25, 0.3) is 0 Å². The van der Waals surface area contributed by atoms with Gasteiger partial charge in [0.1, 0.15) is 13.2 Å². The van der Waals surface area contributed by atoms with Crippen molar-refractivity contribution in [3.8, 4) is 0 Å². The standard InChI is InChI=1S/C24H27NO6/c1-18(2)31-23(27)14-13-22(26)29-17-21(15-19-9-5-3-6-10-19)25-24(28)30-16-20-11-7-4-8-12-20/h3-14,18,21H,15-17H2,1-2H3,(H,25,28)/b14-13+/t21-/m0/s1. The zero-order valence-electron chi connectivity index (χ0n) is 17.7. The van der Waals surface area contributed by atoms with Gasteiger partial charge in [0.25, 0.3) is 0 Å². The molecule has 0 radical (unpaired) electrons. The summed E-state index contributed by atoms with van der Waals surface area (Å²) in [6.45, 7) is 3.46. The molecule has 2 aromatic carbocycles. The fraction of sp³-hybridized carbons (Fsp3) is 0.292. The van der Waals surface area contributed by atoms with Crippen molar-refractivity contribution in [1.82, 2.24) is 5.32 Å². The van der Waals surface area contributed by atoms with Crippen molar-refractivity contribution in [2.75, 3.05) is 6.61 Å². The molecular formula is C24H27NO6. The Labute approximate surface area is 182 Å². The number of rotatable bonds is 10. The van der Waals surface area contributed by atoms with Gasteiger partial charge in [-0.3, -0.25) is 0 Å². The van der Waals surface area contributed by atoms with Gasteiger partial charge in [0, 0.05) is 12.2 Å². The molecule has 0 saturated heterocycles. The van der Waals surface area contributed by atoms with Crippen LogP contribution >= 0.6 is 0 Å². The van der Waals surface area contributed by atoms with Crippen LogP contribution < -0.4 is 5.32 Å². The number of amides is 1. The van der Waals surface area contributed by atoms with Gasteiger partial charge in [0.05, 0.1) is 12.1 Å². The molecular weight excluding hydrogens is 398 g/mol. The Balaban J connectivity index is 1.90. The van der Waals surface area contributed by atoms with E-state index in [1.165, 1.54) is 0 Å². The van der Waals surface area contributed by atoms with E-state index < -0.39 is 24.1 Å². The summed E-state index contributed by atoms with van der Waals surface area (Å²) in [6.07, 6.45) is 1.55. The highest BCUT2D eigenvalue weighted by atomic mass is 16.6. The summed E-state index contributed by atoms with van der Waals surface area (Å²) in [5, 5.41) is 2.73. The van der Waals surface area contributed by atoms with E-state index in [0.29, 0.717) is 6.42 Å². The third-order valence-corrected chi connectivity index (χ3v) is 3.99. The molecule has 1 atom stereocenters. The first-order valence-corrected chi connectivity index (χ1v) is 9.99. The first-order valence-electron chi connectivity index (χ1n) is 9.99. The first-order chi connectivity index (χ1) is 14.9. The number of alkyl carbamates (subject to hydrolysis) is 1. The van der Waals surface area contributed by atoms with Gasteiger partial charge in [-0.2, -0.15) is 0 Å². The van der Waals surface area contributed by atoms with Crippen LogP contribution in [0.15, 0.2) is 72.8 Å². The SMILES string of the molecule is CC(C)OC(=O)/C=C/C(=O)OC[C@H](Cc1ccccc1)NC(=O)OCc1ccccc1. The number of hydrogen-bond donors (Lipinski definition) is 1. The Hall–Kier alpha value is -3.61. The van der Waals surface area contributed by atoms with Crippen LogP contribution in [0.1, 0.15) is 25.0 Å². The van der Waals surface area contributed by atoms with E-state index in [1.54, 1.807) is 13.8 Å². The molecule has 7 heteroatoms. The number of carbonyl (C=O) groups is 3. The molecule has 0 unspecified atom stereocenters. The summed E-state index contributed by atoms with van der Waals surface area (Å²) in [6, 6.07) is 18.3. The lowest BCUT2D eigenvalue weighted by molar-refractivity contribution is -0.143. The predicted molar refractivity (Wildman–Crippen MR) is 115 cm³/mol. The molecule has 0 aliphatic rings. The molecule has 2 aromatic rings. The van der Waals surface area contributed by atoms with E-state index in [2.05, 4.69) is 5.32 Å². The van der Waals surface area contributed by atoms with Gasteiger partial charge in [-0.05, 0) is 31.4 Å². The summed E-state index contributed by atoms with van der Waals surface area (Å²) in [4.78, 5) is 35.6. The Morgan fingerprint density at radius 3 is 2.03 bits per heavy atom. The average Bonchev–Trinajstić information content (AvgIpc) is 2.75. The summed E-state index contributed by atoms with van der Waals surface area (Å²) >= 11 is 0.